The van der Waals surface area contributed by atoms with Crippen LogP contribution >= 0.6 is 0 Å². The highest BCUT2D eigenvalue weighted by Gasteiger charge is 2.17. The Morgan fingerprint density at radius 2 is 2.20 bits per heavy atom. The van der Waals surface area contributed by atoms with E-state index < -0.39 is 5.92 Å². The van der Waals surface area contributed by atoms with Crippen LogP contribution < -0.4 is 5.32 Å². The molecule has 0 bridgehead atoms. The summed E-state index contributed by atoms with van der Waals surface area (Å²) in [5, 5.41) is 19.3. The summed E-state index contributed by atoms with van der Waals surface area (Å²) in [6.07, 6.45) is 3.72. The minimum Gasteiger partial charge on any atom is -0.353 e. The van der Waals surface area contributed by atoms with Crippen molar-refractivity contribution in [3.8, 4) is 6.07 Å². The zero-order valence-electron chi connectivity index (χ0n) is 10.9. The molecule has 0 saturated heterocycles. The highest BCUT2D eigenvalue weighted by atomic mass is 16.1. The van der Waals surface area contributed by atoms with Crippen LogP contribution in [0.4, 0.5) is 0 Å². The molecule has 1 atom stereocenters. The quantitative estimate of drug-likeness (QED) is 0.839. The van der Waals surface area contributed by atoms with E-state index in [0.29, 0.717) is 19.5 Å². The summed E-state index contributed by atoms with van der Waals surface area (Å²) in [4.78, 5) is 11.9. The van der Waals surface area contributed by atoms with Crippen LogP contribution in [0.5, 0.6) is 0 Å². The van der Waals surface area contributed by atoms with Crippen molar-refractivity contribution in [1.82, 2.24) is 20.3 Å². The van der Waals surface area contributed by atoms with Crippen molar-refractivity contribution in [3.63, 3.8) is 0 Å². The van der Waals surface area contributed by atoms with Crippen LogP contribution in [-0.4, -0.2) is 27.4 Å². The molecule has 102 valence electrons. The molecule has 6 nitrogen and oxygen atoms in total. The van der Waals surface area contributed by atoms with Gasteiger partial charge in [0, 0.05) is 12.7 Å². The van der Waals surface area contributed by atoms with Gasteiger partial charge < -0.3 is 5.32 Å². The lowest BCUT2D eigenvalue weighted by Crippen LogP contribution is -2.33. The zero-order chi connectivity index (χ0) is 14.2. The van der Waals surface area contributed by atoms with E-state index in [2.05, 4.69) is 15.6 Å². The van der Waals surface area contributed by atoms with Crippen molar-refractivity contribution < 1.29 is 4.79 Å². The second-order valence-corrected chi connectivity index (χ2v) is 4.33. The largest absolute Gasteiger partial charge is 0.353 e. The van der Waals surface area contributed by atoms with Gasteiger partial charge in [-0.2, -0.15) is 5.26 Å². The molecule has 1 aromatic heterocycles. The Morgan fingerprint density at radius 1 is 1.40 bits per heavy atom. The van der Waals surface area contributed by atoms with Gasteiger partial charge in [-0.25, -0.2) is 0 Å². The van der Waals surface area contributed by atoms with Gasteiger partial charge in [0.25, 0.3) is 0 Å². The number of benzene rings is 1. The van der Waals surface area contributed by atoms with Crippen molar-refractivity contribution in [1.29, 1.82) is 5.26 Å². The van der Waals surface area contributed by atoms with E-state index in [9.17, 15) is 4.79 Å². The van der Waals surface area contributed by atoms with Crippen LogP contribution in [0.3, 0.4) is 0 Å². The van der Waals surface area contributed by atoms with Gasteiger partial charge in [-0.3, -0.25) is 9.48 Å². The SMILES string of the molecule is N#CC(Cc1ccccc1)C(=O)NCCn1ccnn1. The number of amides is 1. The first-order chi connectivity index (χ1) is 9.79. The summed E-state index contributed by atoms with van der Waals surface area (Å²) >= 11 is 0. The van der Waals surface area contributed by atoms with Crippen LogP contribution in [-0.2, 0) is 17.8 Å². The highest BCUT2D eigenvalue weighted by Crippen LogP contribution is 2.08. The van der Waals surface area contributed by atoms with Gasteiger partial charge in [0.15, 0.2) is 0 Å². The summed E-state index contributed by atoms with van der Waals surface area (Å²) in [7, 11) is 0. The Hall–Kier alpha value is -2.68. The smallest absolute Gasteiger partial charge is 0.237 e. The molecule has 2 rings (SSSR count). The lowest BCUT2D eigenvalue weighted by atomic mass is 10.00. The molecule has 0 fully saturated rings. The number of aromatic nitrogens is 3. The molecule has 0 aliphatic carbocycles. The van der Waals surface area contributed by atoms with Gasteiger partial charge in [0.1, 0.15) is 5.92 Å². The van der Waals surface area contributed by atoms with Crippen LogP contribution in [0.15, 0.2) is 42.7 Å². The van der Waals surface area contributed by atoms with Gasteiger partial charge in [0.05, 0.1) is 18.8 Å². The van der Waals surface area contributed by atoms with Gasteiger partial charge in [0.2, 0.25) is 5.91 Å². The summed E-state index contributed by atoms with van der Waals surface area (Å²) in [6.45, 7) is 0.963. The first-order valence-electron chi connectivity index (χ1n) is 6.35. The minimum absolute atomic E-state index is 0.253. The van der Waals surface area contributed by atoms with E-state index in [1.54, 1.807) is 17.1 Å². The summed E-state index contributed by atoms with van der Waals surface area (Å²) in [5.41, 5.74) is 0.977. The first kappa shape index (κ1) is 13.7. The van der Waals surface area contributed by atoms with Crippen molar-refractivity contribution >= 4 is 5.91 Å². The van der Waals surface area contributed by atoms with Gasteiger partial charge in [-0.05, 0) is 12.0 Å². The maximum Gasteiger partial charge on any atom is 0.237 e. The third-order valence-corrected chi connectivity index (χ3v) is 2.87. The van der Waals surface area contributed by atoms with Crippen molar-refractivity contribution in [2.24, 2.45) is 5.92 Å². The predicted molar refractivity (Wildman–Crippen MR) is 72.3 cm³/mol. The molecule has 1 heterocycles. The molecule has 1 N–H and O–H groups in total. The fourth-order valence-corrected chi connectivity index (χ4v) is 1.82. The Bertz CT molecular complexity index is 573. The van der Waals surface area contributed by atoms with E-state index in [-0.39, 0.29) is 5.91 Å². The first-order valence-corrected chi connectivity index (χ1v) is 6.35. The molecule has 0 aliphatic rings. The van der Waals surface area contributed by atoms with E-state index >= 15 is 0 Å². The van der Waals surface area contributed by atoms with Crippen molar-refractivity contribution in [2.75, 3.05) is 6.54 Å². The Labute approximate surface area is 117 Å². The standard InChI is InChI=1S/C14H15N5O/c15-11-13(10-12-4-2-1-3-5-12)14(20)16-6-8-19-9-7-17-18-19/h1-5,7,9,13H,6,8,10H2,(H,16,20). The average molecular weight is 269 g/mol. The van der Waals surface area contributed by atoms with Gasteiger partial charge >= 0.3 is 0 Å². The number of carbonyl (C=O) groups is 1. The molecule has 0 aliphatic heterocycles. The van der Waals surface area contributed by atoms with Crippen LogP contribution in [0.25, 0.3) is 0 Å². The fraction of sp³-hybridized carbons (Fsp3) is 0.286. The van der Waals surface area contributed by atoms with Crippen molar-refractivity contribution in [3.05, 3.63) is 48.3 Å². The van der Waals surface area contributed by atoms with Gasteiger partial charge in [-0.15, -0.1) is 5.10 Å². The molecule has 20 heavy (non-hydrogen) atoms. The number of hydrogen-bond donors (Lipinski definition) is 1. The predicted octanol–water partition coefficient (Wildman–Crippen LogP) is 0.777. The molecule has 0 spiro atoms. The lowest BCUT2D eigenvalue weighted by molar-refractivity contribution is -0.123. The fourth-order valence-electron chi connectivity index (χ4n) is 1.82. The maximum atomic E-state index is 11.9. The maximum absolute atomic E-state index is 11.9. The number of nitriles is 1. The summed E-state index contributed by atoms with van der Waals surface area (Å²) < 4.78 is 1.62. The number of hydrogen-bond acceptors (Lipinski definition) is 4. The number of nitrogens with one attached hydrogen (secondary N) is 1. The molecular weight excluding hydrogens is 254 g/mol. The van der Waals surface area contributed by atoms with E-state index in [1.807, 2.05) is 36.4 Å². The third-order valence-electron chi connectivity index (χ3n) is 2.87. The Morgan fingerprint density at radius 3 is 2.85 bits per heavy atom. The second kappa shape index (κ2) is 7.04. The molecular formula is C14H15N5O. The third kappa shape index (κ3) is 3.92. The van der Waals surface area contributed by atoms with Crippen molar-refractivity contribution in [2.45, 2.75) is 13.0 Å². The number of nitrogens with zero attached hydrogens (tertiary/aromatic N) is 4. The Kier molecular flexibility index (Phi) is 4.84. The topological polar surface area (TPSA) is 83.6 Å². The molecule has 1 unspecified atom stereocenters. The minimum atomic E-state index is -0.673. The monoisotopic (exact) mass is 269 g/mol. The van der Waals surface area contributed by atoms with Crippen LogP contribution in [0, 0.1) is 17.2 Å². The molecule has 1 aromatic carbocycles. The van der Waals surface area contributed by atoms with E-state index in [0.717, 1.165) is 5.56 Å². The average Bonchev–Trinajstić information content (AvgIpc) is 2.99. The van der Waals surface area contributed by atoms with Gasteiger partial charge in [-0.1, -0.05) is 35.5 Å². The number of carbonyl (C=O) groups excluding carboxylic acids is 1. The summed E-state index contributed by atoms with van der Waals surface area (Å²) in [6, 6.07) is 11.6. The van der Waals surface area contributed by atoms with Crippen LogP contribution in [0.2, 0.25) is 0 Å². The van der Waals surface area contributed by atoms with E-state index in [1.165, 1.54) is 0 Å². The van der Waals surface area contributed by atoms with E-state index in [4.69, 9.17) is 5.26 Å². The summed E-state index contributed by atoms with van der Waals surface area (Å²) in [5.74, 6) is -0.926. The molecule has 1 amide bonds. The molecule has 6 heteroatoms. The molecule has 0 saturated carbocycles. The number of rotatable bonds is 6. The highest BCUT2D eigenvalue weighted by molar-refractivity contribution is 5.81. The second-order valence-electron chi connectivity index (χ2n) is 4.33. The molecule has 0 radical (unpaired) electrons. The zero-order valence-corrected chi connectivity index (χ0v) is 10.9. The Balaban J connectivity index is 1.82. The van der Waals surface area contributed by atoms with Crippen LogP contribution in [0.1, 0.15) is 5.56 Å². The lowest BCUT2D eigenvalue weighted by Gasteiger charge is -2.10. The normalized spacial score (nSPS) is 11.6. The molecule has 2 aromatic rings.